The third-order valence-electron chi connectivity index (χ3n) is 3.30. The summed E-state index contributed by atoms with van der Waals surface area (Å²) in [7, 11) is 1.70. The van der Waals surface area contributed by atoms with Gasteiger partial charge < -0.3 is 14.6 Å². The molecule has 1 atom stereocenters. The SMILES string of the molecule is COC(C)CCOC1CCC(C(=O)O)CC1. The number of aliphatic carboxylic acids is 1. The first-order chi connectivity index (χ1) is 7.63. The summed E-state index contributed by atoms with van der Waals surface area (Å²) in [6.07, 6.45) is 4.63. The van der Waals surface area contributed by atoms with Gasteiger partial charge in [-0.1, -0.05) is 0 Å². The molecule has 1 rings (SSSR count). The predicted molar refractivity (Wildman–Crippen MR) is 60.4 cm³/mol. The van der Waals surface area contributed by atoms with Crippen LogP contribution < -0.4 is 0 Å². The quantitative estimate of drug-likeness (QED) is 0.759. The van der Waals surface area contributed by atoms with Crippen LogP contribution in [0.3, 0.4) is 0 Å². The molecule has 1 unspecified atom stereocenters. The topological polar surface area (TPSA) is 55.8 Å². The molecule has 16 heavy (non-hydrogen) atoms. The zero-order chi connectivity index (χ0) is 12.0. The molecule has 1 aliphatic carbocycles. The van der Waals surface area contributed by atoms with Crippen molar-refractivity contribution in [2.75, 3.05) is 13.7 Å². The van der Waals surface area contributed by atoms with Crippen LogP contribution in [0.15, 0.2) is 0 Å². The largest absolute Gasteiger partial charge is 0.481 e. The standard InChI is InChI=1S/C12H22O4/c1-9(15-2)7-8-16-11-5-3-10(4-6-11)12(13)14/h9-11H,3-8H2,1-2H3,(H,13,14). The summed E-state index contributed by atoms with van der Waals surface area (Å²) in [5.41, 5.74) is 0. The number of hydrogen-bond donors (Lipinski definition) is 1. The Labute approximate surface area is 96.9 Å². The lowest BCUT2D eigenvalue weighted by atomic mass is 9.87. The van der Waals surface area contributed by atoms with Gasteiger partial charge in [-0.2, -0.15) is 0 Å². The molecule has 0 radical (unpaired) electrons. The van der Waals surface area contributed by atoms with Crippen LogP contribution in [0.5, 0.6) is 0 Å². The number of hydrogen-bond acceptors (Lipinski definition) is 3. The Balaban J connectivity index is 2.10. The van der Waals surface area contributed by atoms with Gasteiger partial charge in [0.05, 0.1) is 18.1 Å². The minimum absolute atomic E-state index is 0.155. The summed E-state index contributed by atoms with van der Waals surface area (Å²) >= 11 is 0. The van der Waals surface area contributed by atoms with Gasteiger partial charge in [-0.25, -0.2) is 0 Å². The van der Waals surface area contributed by atoms with Crippen molar-refractivity contribution in [3.8, 4) is 0 Å². The highest BCUT2D eigenvalue weighted by Gasteiger charge is 2.26. The number of methoxy groups -OCH3 is 1. The number of carbonyl (C=O) groups is 1. The van der Waals surface area contributed by atoms with E-state index in [4.69, 9.17) is 14.6 Å². The van der Waals surface area contributed by atoms with E-state index in [1.807, 2.05) is 6.92 Å². The number of carboxylic acids is 1. The summed E-state index contributed by atoms with van der Waals surface area (Å²) < 4.78 is 10.8. The van der Waals surface area contributed by atoms with Gasteiger partial charge in [0.25, 0.3) is 0 Å². The molecule has 0 spiro atoms. The average Bonchev–Trinajstić information content (AvgIpc) is 2.29. The first-order valence-electron chi connectivity index (χ1n) is 6.00. The van der Waals surface area contributed by atoms with Crippen LogP contribution in [-0.4, -0.2) is 37.0 Å². The van der Waals surface area contributed by atoms with Crippen molar-refractivity contribution in [2.24, 2.45) is 5.92 Å². The summed E-state index contributed by atoms with van der Waals surface area (Å²) in [4.78, 5) is 10.7. The highest BCUT2D eigenvalue weighted by atomic mass is 16.5. The van der Waals surface area contributed by atoms with Gasteiger partial charge in [0, 0.05) is 13.7 Å². The molecule has 0 amide bonds. The molecule has 0 heterocycles. The minimum atomic E-state index is -0.661. The van der Waals surface area contributed by atoms with E-state index >= 15 is 0 Å². The summed E-state index contributed by atoms with van der Waals surface area (Å²) in [5.74, 6) is -0.816. The van der Waals surface area contributed by atoms with Crippen molar-refractivity contribution in [3.63, 3.8) is 0 Å². The van der Waals surface area contributed by atoms with Gasteiger partial charge in [0.15, 0.2) is 0 Å². The fraction of sp³-hybridized carbons (Fsp3) is 0.917. The lowest BCUT2D eigenvalue weighted by Crippen LogP contribution is -2.26. The maximum Gasteiger partial charge on any atom is 0.306 e. The van der Waals surface area contributed by atoms with Crippen molar-refractivity contribution in [1.29, 1.82) is 0 Å². The molecule has 1 saturated carbocycles. The molecule has 4 heteroatoms. The molecule has 1 fully saturated rings. The third-order valence-corrected chi connectivity index (χ3v) is 3.30. The van der Waals surface area contributed by atoms with Gasteiger partial charge in [0.2, 0.25) is 0 Å². The van der Waals surface area contributed by atoms with E-state index in [-0.39, 0.29) is 18.1 Å². The molecule has 1 N–H and O–H groups in total. The van der Waals surface area contributed by atoms with Crippen LogP contribution in [0.2, 0.25) is 0 Å². The molecule has 0 saturated heterocycles. The van der Waals surface area contributed by atoms with Crippen molar-refractivity contribution < 1.29 is 19.4 Å². The van der Waals surface area contributed by atoms with Crippen LogP contribution >= 0.6 is 0 Å². The van der Waals surface area contributed by atoms with Crippen molar-refractivity contribution >= 4 is 5.97 Å². The van der Waals surface area contributed by atoms with E-state index in [1.54, 1.807) is 7.11 Å². The van der Waals surface area contributed by atoms with Crippen molar-refractivity contribution in [2.45, 2.75) is 51.2 Å². The van der Waals surface area contributed by atoms with Crippen molar-refractivity contribution in [1.82, 2.24) is 0 Å². The van der Waals surface area contributed by atoms with Gasteiger partial charge in [-0.15, -0.1) is 0 Å². The zero-order valence-electron chi connectivity index (χ0n) is 10.1. The monoisotopic (exact) mass is 230 g/mol. The van der Waals surface area contributed by atoms with E-state index in [9.17, 15) is 4.79 Å². The smallest absolute Gasteiger partial charge is 0.306 e. The average molecular weight is 230 g/mol. The third kappa shape index (κ3) is 4.49. The first kappa shape index (κ1) is 13.5. The maximum absolute atomic E-state index is 10.7. The number of ether oxygens (including phenoxy) is 2. The molecular formula is C12H22O4. The van der Waals surface area contributed by atoms with Crippen LogP contribution in [0.25, 0.3) is 0 Å². The molecule has 4 nitrogen and oxygen atoms in total. The predicted octanol–water partition coefficient (Wildman–Crippen LogP) is 2.07. The Morgan fingerprint density at radius 3 is 2.50 bits per heavy atom. The lowest BCUT2D eigenvalue weighted by molar-refractivity contribution is -0.143. The second kappa shape index (κ2) is 6.86. The van der Waals surface area contributed by atoms with Crippen molar-refractivity contribution in [3.05, 3.63) is 0 Å². The summed E-state index contributed by atoms with van der Waals surface area (Å²) in [6.45, 7) is 2.72. The first-order valence-corrected chi connectivity index (χ1v) is 6.00. The van der Waals surface area contributed by atoms with E-state index < -0.39 is 5.97 Å². The molecule has 94 valence electrons. The molecule has 0 aromatic rings. The Morgan fingerprint density at radius 1 is 1.38 bits per heavy atom. The highest BCUT2D eigenvalue weighted by Crippen LogP contribution is 2.26. The maximum atomic E-state index is 10.7. The second-order valence-electron chi connectivity index (χ2n) is 4.52. The Kier molecular flexibility index (Phi) is 5.77. The van der Waals surface area contributed by atoms with Crippen LogP contribution in [0.1, 0.15) is 39.0 Å². The summed E-state index contributed by atoms with van der Waals surface area (Å²) in [6, 6.07) is 0. The normalized spacial score (nSPS) is 27.6. The molecule has 0 aromatic heterocycles. The van der Waals surface area contributed by atoms with Gasteiger partial charge in [-0.05, 0) is 39.0 Å². The number of carboxylic acid groups (broad SMARTS) is 1. The fourth-order valence-corrected chi connectivity index (χ4v) is 1.99. The molecule has 1 aliphatic rings. The van der Waals surface area contributed by atoms with Gasteiger partial charge >= 0.3 is 5.97 Å². The van der Waals surface area contributed by atoms with Gasteiger partial charge in [0.1, 0.15) is 0 Å². The molecule has 0 aromatic carbocycles. The summed E-state index contributed by atoms with van der Waals surface area (Å²) in [5, 5.41) is 8.85. The molecule has 0 bridgehead atoms. The zero-order valence-corrected chi connectivity index (χ0v) is 10.1. The number of rotatable bonds is 6. The van der Waals surface area contributed by atoms with Gasteiger partial charge in [-0.3, -0.25) is 4.79 Å². The minimum Gasteiger partial charge on any atom is -0.481 e. The Morgan fingerprint density at radius 2 is 2.00 bits per heavy atom. The fourth-order valence-electron chi connectivity index (χ4n) is 1.99. The van der Waals surface area contributed by atoms with E-state index in [1.165, 1.54) is 0 Å². The second-order valence-corrected chi connectivity index (χ2v) is 4.52. The van der Waals surface area contributed by atoms with Crippen LogP contribution in [0.4, 0.5) is 0 Å². The Hall–Kier alpha value is -0.610. The van der Waals surface area contributed by atoms with Crippen LogP contribution in [0, 0.1) is 5.92 Å². The lowest BCUT2D eigenvalue weighted by Gasteiger charge is -2.26. The highest BCUT2D eigenvalue weighted by molar-refractivity contribution is 5.69. The van der Waals surface area contributed by atoms with E-state index in [2.05, 4.69) is 0 Å². The molecule has 0 aliphatic heterocycles. The van der Waals surface area contributed by atoms with E-state index in [0.717, 1.165) is 32.1 Å². The Bertz CT molecular complexity index is 209. The van der Waals surface area contributed by atoms with Crippen LogP contribution in [-0.2, 0) is 14.3 Å². The molecular weight excluding hydrogens is 208 g/mol. The van der Waals surface area contributed by atoms with E-state index in [0.29, 0.717) is 6.61 Å².